The molecule has 2 fully saturated rings. The Kier molecular flexibility index (Phi) is 7.32. The number of fused-ring (bicyclic) bond motifs is 3. The molecule has 3 heterocycles. The quantitative estimate of drug-likeness (QED) is 0.239. The van der Waals surface area contributed by atoms with Crippen molar-refractivity contribution in [1.82, 2.24) is 4.57 Å². The van der Waals surface area contributed by atoms with Gasteiger partial charge < -0.3 is 19.6 Å². The topological polar surface area (TPSA) is 77.6 Å². The minimum atomic E-state index is -5.01. The Morgan fingerprint density at radius 1 is 0.977 bits per heavy atom. The number of hydrogen-bond donors (Lipinski definition) is 1. The van der Waals surface area contributed by atoms with E-state index in [1.807, 2.05) is 4.90 Å². The van der Waals surface area contributed by atoms with E-state index in [4.69, 9.17) is 10.2 Å². The van der Waals surface area contributed by atoms with E-state index in [-0.39, 0.29) is 23.2 Å². The largest absolute Gasteiger partial charge is 0.418 e. The molecule has 2 saturated heterocycles. The normalized spacial score (nSPS) is 21.2. The number of alkyl halides is 6. The van der Waals surface area contributed by atoms with Crippen molar-refractivity contribution in [2.75, 3.05) is 4.90 Å². The van der Waals surface area contributed by atoms with E-state index in [0.29, 0.717) is 18.2 Å². The highest BCUT2D eigenvalue weighted by Crippen LogP contribution is 2.48. The Balaban J connectivity index is 1.66. The number of halogens is 6. The van der Waals surface area contributed by atoms with Crippen molar-refractivity contribution >= 4 is 30.8 Å². The van der Waals surface area contributed by atoms with Crippen LogP contribution in [-0.4, -0.2) is 37.0 Å². The summed E-state index contributed by atoms with van der Waals surface area (Å²) in [6, 6.07) is 6.24. The molecule has 0 aliphatic carbocycles. The summed E-state index contributed by atoms with van der Waals surface area (Å²) in [4.78, 5) is 27.0. The molecule has 5 rings (SSSR count). The number of anilines is 1. The molecule has 3 atom stereocenters. The second kappa shape index (κ2) is 10.1. The monoisotopic (exact) mass is 625 g/mol. The molecular weight excluding hydrogens is 592 g/mol. The summed E-state index contributed by atoms with van der Waals surface area (Å²) in [7, 11) is -2.15. The van der Waals surface area contributed by atoms with E-state index in [0.717, 1.165) is 47.9 Å². The van der Waals surface area contributed by atoms with Gasteiger partial charge in [-0.1, -0.05) is 26.8 Å². The summed E-state index contributed by atoms with van der Waals surface area (Å²) < 4.78 is 93.1. The maximum absolute atomic E-state index is 14.7. The van der Waals surface area contributed by atoms with Crippen molar-refractivity contribution in [3.8, 4) is 5.69 Å². The Bertz CT molecular complexity index is 1660. The van der Waals surface area contributed by atoms with Crippen LogP contribution in [0.25, 0.3) is 16.6 Å². The number of rotatable bonds is 5. The number of hydrogen-bond acceptors (Lipinski definition) is 4. The third-order valence-electron chi connectivity index (χ3n) is 9.18. The Morgan fingerprint density at radius 2 is 1.63 bits per heavy atom. The van der Waals surface area contributed by atoms with E-state index >= 15 is 0 Å². The van der Waals surface area contributed by atoms with Gasteiger partial charge in [0.05, 0.1) is 39.9 Å². The molecule has 0 spiro atoms. The fraction of sp³-hybridized carbons (Fsp3) is 0.467. The SMILES string of the molecule is CC(C)(C)[Si](C)(C)O[C@H]1C[C@@H]2CC[C@@H]1N2c1ccc(-n2cc(C(N)=O)c(=O)c3c(C(F)(F)F)cccc32)c(C(F)(F)F)c1. The van der Waals surface area contributed by atoms with Crippen LogP contribution < -0.4 is 16.1 Å². The van der Waals surface area contributed by atoms with Crippen LogP contribution in [-0.2, 0) is 16.8 Å². The second-order valence-corrected chi connectivity index (χ2v) is 17.6. The summed E-state index contributed by atoms with van der Waals surface area (Å²) in [5.74, 6) is -1.36. The number of nitrogens with two attached hydrogens (primary N) is 1. The van der Waals surface area contributed by atoms with Gasteiger partial charge in [0.1, 0.15) is 5.56 Å². The lowest BCUT2D eigenvalue weighted by Crippen LogP contribution is -2.47. The van der Waals surface area contributed by atoms with Gasteiger partial charge in [0.15, 0.2) is 8.32 Å². The molecule has 6 nitrogen and oxygen atoms in total. The van der Waals surface area contributed by atoms with E-state index in [1.165, 1.54) is 6.07 Å². The Morgan fingerprint density at radius 3 is 2.21 bits per heavy atom. The molecule has 1 aromatic heterocycles. The molecule has 3 aromatic rings. The van der Waals surface area contributed by atoms with E-state index in [1.54, 1.807) is 0 Å². The lowest BCUT2D eigenvalue weighted by atomic mass is 9.98. The molecule has 2 aliphatic rings. The van der Waals surface area contributed by atoms with Gasteiger partial charge >= 0.3 is 12.4 Å². The van der Waals surface area contributed by atoms with Crippen molar-refractivity contribution in [3.05, 3.63) is 69.5 Å². The van der Waals surface area contributed by atoms with Gasteiger partial charge in [-0.2, -0.15) is 26.3 Å². The number of nitrogens with zero attached hydrogens (tertiary/aromatic N) is 2. The zero-order valence-electron chi connectivity index (χ0n) is 24.4. The predicted octanol–water partition coefficient (Wildman–Crippen LogP) is 7.26. The maximum atomic E-state index is 14.7. The van der Waals surface area contributed by atoms with Crippen molar-refractivity contribution in [3.63, 3.8) is 0 Å². The van der Waals surface area contributed by atoms with Crippen molar-refractivity contribution in [1.29, 1.82) is 0 Å². The van der Waals surface area contributed by atoms with Crippen LogP contribution in [0.5, 0.6) is 0 Å². The zero-order valence-corrected chi connectivity index (χ0v) is 25.4. The number of amides is 1. The second-order valence-electron chi connectivity index (χ2n) is 12.9. The molecular formula is C30H33F6N3O3Si. The molecule has 13 heteroatoms. The first-order valence-corrected chi connectivity index (χ1v) is 16.9. The minimum absolute atomic E-state index is 0.0178. The predicted molar refractivity (Wildman–Crippen MR) is 154 cm³/mol. The molecule has 1 amide bonds. The fourth-order valence-corrected chi connectivity index (χ4v) is 7.49. The lowest BCUT2D eigenvalue weighted by Gasteiger charge is -2.40. The third-order valence-corrected chi connectivity index (χ3v) is 13.7. The number of primary amides is 1. The molecule has 43 heavy (non-hydrogen) atoms. The summed E-state index contributed by atoms with van der Waals surface area (Å²) in [5, 5.41) is -0.980. The molecule has 2 aliphatic heterocycles. The van der Waals surface area contributed by atoms with Crippen LogP contribution in [0.2, 0.25) is 18.1 Å². The number of benzene rings is 2. The maximum Gasteiger partial charge on any atom is 0.418 e. The number of aromatic nitrogens is 1. The van der Waals surface area contributed by atoms with Crippen LogP contribution in [0.4, 0.5) is 32.0 Å². The van der Waals surface area contributed by atoms with Gasteiger partial charge in [0.25, 0.3) is 5.91 Å². The van der Waals surface area contributed by atoms with Crippen LogP contribution in [0.15, 0.2) is 47.4 Å². The van der Waals surface area contributed by atoms with Gasteiger partial charge in [-0.15, -0.1) is 0 Å². The first-order valence-electron chi connectivity index (χ1n) is 14.0. The Labute approximate surface area is 245 Å². The van der Waals surface area contributed by atoms with E-state index < -0.39 is 65.3 Å². The number of pyridine rings is 1. The van der Waals surface area contributed by atoms with Gasteiger partial charge in [-0.05, 0) is 67.7 Å². The summed E-state index contributed by atoms with van der Waals surface area (Å²) >= 11 is 0. The van der Waals surface area contributed by atoms with Crippen LogP contribution >= 0.6 is 0 Å². The van der Waals surface area contributed by atoms with Crippen molar-refractivity contribution in [2.45, 2.75) is 88.7 Å². The highest BCUT2D eigenvalue weighted by molar-refractivity contribution is 6.74. The summed E-state index contributed by atoms with van der Waals surface area (Å²) in [6.07, 6.45) is -7.04. The van der Waals surface area contributed by atoms with Crippen molar-refractivity contribution < 1.29 is 35.6 Å². The average molecular weight is 626 g/mol. The molecule has 2 bridgehead atoms. The van der Waals surface area contributed by atoms with Crippen molar-refractivity contribution in [2.24, 2.45) is 5.73 Å². The standard InChI is InChI=1S/C30H33F6N3O3Si/c1-28(2,3)43(4,5)42-24-14-17-10-12-22(24)39(17)16-9-11-21(20(13-16)30(34,35)36)38-15-18(27(37)41)26(40)25-19(29(31,32)33)7-6-8-23(25)38/h6-9,11,13,15,17,22,24H,10,12,14H2,1-5H3,(H2,37,41)/t17-,22-,24-/m0/s1. The van der Waals surface area contributed by atoms with E-state index in [9.17, 15) is 35.9 Å². The van der Waals surface area contributed by atoms with Crippen LogP contribution in [0.1, 0.15) is 61.5 Å². The first-order chi connectivity index (χ1) is 19.7. The van der Waals surface area contributed by atoms with E-state index in [2.05, 4.69) is 33.9 Å². The van der Waals surface area contributed by atoms with Gasteiger partial charge in [-0.3, -0.25) is 9.59 Å². The highest BCUT2D eigenvalue weighted by Gasteiger charge is 2.51. The lowest BCUT2D eigenvalue weighted by molar-refractivity contribution is -0.138. The molecule has 0 saturated carbocycles. The molecule has 0 unspecified atom stereocenters. The highest BCUT2D eigenvalue weighted by atomic mass is 28.4. The first kappa shape index (κ1) is 31.1. The average Bonchev–Trinajstić information content (AvgIpc) is 3.44. The molecule has 2 N–H and O–H groups in total. The summed E-state index contributed by atoms with van der Waals surface area (Å²) in [5.41, 5.74) is -0.0327. The zero-order chi connectivity index (χ0) is 31.9. The number of carbonyl (C=O) groups is 1. The Hall–Kier alpha value is -3.32. The molecule has 0 radical (unpaired) electrons. The minimum Gasteiger partial charge on any atom is -0.412 e. The molecule has 232 valence electrons. The van der Waals surface area contributed by atoms with Gasteiger partial charge in [0, 0.05) is 17.9 Å². The molecule has 2 aromatic carbocycles. The fourth-order valence-electron chi connectivity index (χ4n) is 6.12. The third kappa shape index (κ3) is 5.34. The van der Waals surface area contributed by atoms with Crippen LogP contribution in [0.3, 0.4) is 0 Å². The van der Waals surface area contributed by atoms with Gasteiger partial charge in [0.2, 0.25) is 5.43 Å². The van der Waals surface area contributed by atoms with Crippen LogP contribution in [0, 0.1) is 0 Å². The van der Waals surface area contributed by atoms with Gasteiger partial charge in [-0.25, -0.2) is 0 Å². The summed E-state index contributed by atoms with van der Waals surface area (Å²) in [6.45, 7) is 10.7. The number of carbonyl (C=O) groups excluding carboxylic acids is 1. The smallest absolute Gasteiger partial charge is 0.412 e.